The van der Waals surface area contributed by atoms with E-state index < -0.39 is 0 Å². The molecule has 0 radical (unpaired) electrons. The summed E-state index contributed by atoms with van der Waals surface area (Å²) in [5.41, 5.74) is 3.21. The van der Waals surface area contributed by atoms with Gasteiger partial charge in [-0.3, -0.25) is 0 Å². The Balaban J connectivity index is 4.69. The van der Waals surface area contributed by atoms with Gasteiger partial charge in [0.1, 0.15) is 0 Å². The van der Waals surface area contributed by atoms with Crippen LogP contribution in [0.2, 0.25) is 0 Å². The Kier molecular flexibility index (Phi) is 12.4. The lowest BCUT2D eigenvalue weighted by molar-refractivity contribution is 0.460. The van der Waals surface area contributed by atoms with Crippen molar-refractivity contribution in [3.8, 4) is 0 Å². The predicted molar refractivity (Wildman–Crippen MR) is 96.2 cm³/mol. The monoisotopic (exact) mass is 294 g/mol. The topological polar surface area (TPSA) is 35.9 Å². The highest BCUT2D eigenvalue weighted by Crippen LogP contribution is 2.27. The number of nitrogens with one attached hydrogen (secondary N) is 2. The van der Waals surface area contributed by atoms with E-state index in [1.807, 2.05) is 14.0 Å². The van der Waals surface area contributed by atoms with Crippen molar-refractivity contribution in [3.63, 3.8) is 0 Å². The molecule has 2 nitrogen and oxygen atoms in total. The van der Waals surface area contributed by atoms with Crippen LogP contribution in [0.3, 0.4) is 0 Å². The minimum absolute atomic E-state index is 0.573. The van der Waals surface area contributed by atoms with Crippen LogP contribution < -0.4 is 5.32 Å². The van der Waals surface area contributed by atoms with Gasteiger partial charge in [0.2, 0.25) is 0 Å². The molecule has 2 N–H and O–H groups in total. The van der Waals surface area contributed by atoms with Crippen molar-refractivity contribution in [2.24, 2.45) is 5.92 Å². The minimum atomic E-state index is 0.573. The smallest absolute Gasteiger partial charge is 0.0334 e. The highest BCUT2D eigenvalue weighted by molar-refractivity contribution is 5.96. The first-order valence-electron chi connectivity index (χ1n) is 9.02. The molecule has 0 atom stereocenters. The quantitative estimate of drug-likeness (QED) is 0.313. The number of unbranched alkanes of at least 4 members (excludes halogenated alkanes) is 6. The highest BCUT2D eigenvalue weighted by atomic mass is 14.8. The lowest BCUT2D eigenvalue weighted by atomic mass is 9.84. The van der Waals surface area contributed by atoms with E-state index in [1.54, 1.807) is 0 Å². The van der Waals surface area contributed by atoms with Gasteiger partial charge in [0, 0.05) is 18.5 Å². The standard InChI is InChI=1S/C19H38N2/c1-6-8-10-12-14-18(15-13-11-9-7-2)19(16(3)20)17(4)21-5/h18,20-21H,6-15H2,1-5H3/b19-17+,20-16?. The molecule has 0 heterocycles. The maximum absolute atomic E-state index is 8.15. The third-order valence-electron chi connectivity index (χ3n) is 4.40. The van der Waals surface area contributed by atoms with Crippen LogP contribution in [0.4, 0.5) is 0 Å². The average molecular weight is 295 g/mol. The Bertz CT molecular complexity index is 293. The summed E-state index contributed by atoms with van der Waals surface area (Å²) >= 11 is 0. The summed E-state index contributed by atoms with van der Waals surface area (Å²) in [5.74, 6) is 0.573. The Hall–Kier alpha value is -0.790. The summed E-state index contributed by atoms with van der Waals surface area (Å²) in [6, 6.07) is 0. The minimum Gasteiger partial charge on any atom is -0.391 e. The molecule has 0 bridgehead atoms. The van der Waals surface area contributed by atoms with Gasteiger partial charge in [0.05, 0.1) is 0 Å². The fraction of sp³-hybridized carbons (Fsp3) is 0.842. The van der Waals surface area contributed by atoms with Crippen molar-refractivity contribution in [1.82, 2.24) is 5.32 Å². The maximum Gasteiger partial charge on any atom is 0.0334 e. The number of hydrogen-bond donors (Lipinski definition) is 2. The van der Waals surface area contributed by atoms with Crippen molar-refractivity contribution in [3.05, 3.63) is 11.3 Å². The Labute approximate surface area is 133 Å². The fourth-order valence-corrected chi connectivity index (χ4v) is 3.10. The molecule has 0 fully saturated rings. The third-order valence-corrected chi connectivity index (χ3v) is 4.40. The zero-order valence-electron chi connectivity index (χ0n) is 15.1. The normalized spacial score (nSPS) is 12.5. The lowest BCUT2D eigenvalue weighted by Crippen LogP contribution is -2.18. The summed E-state index contributed by atoms with van der Waals surface area (Å²) in [6.45, 7) is 8.60. The van der Waals surface area contributed by atoms with Gasteiger partial charge >= 0.3 is 0 Å². The largest absolute Gasteiger partial charge is 0.391 e. The van der Waals surface area contributed by atoms with Crippen LogP contribution in [0.15, 0.2) is 11.3 Å². The van der Waals surface area contributed by atoms with Crippen molar-refractivity contribution < 1.29 is 0 Å². The molecule has 0 aromatic heterocycles. The Morgan fingerprint density at radius 3 is 1.67 bits per heavy atom. The van der Waals surface area contributed by atoms with E-state index in [-0.39, 0.29) is 0 Å². The molecule has 0 aromatic carbocycles. The first-order chi connectivity index (χ1) is 10.1. The third kappa shape index (κ3) is 8.95. The molecular weight excluding hydrogens is 256 g/mol. The van der Waals surface area contributed by atoms with E-state index in [0.29, 0.717) is 5.92 Å². The van der Waals surface area contributed by atoms with E-state index in [2.05, 4.69) is 26.1 Å². The molecule has 0 aromatic rings. The summed E-state index contributed by atoms with van der Waals surface area (Å²) < 4.78 is 0. The molecule has 21 heavy (non-hydrogen) atoms. The van der Waals surface area contributed by atoms with Crippen LogP contribution in [0.25, 0.3) is 0 Å². The molecule has 0 unspecified atom stereocenters. The molecular formula is C19H38N2. The van der Waals surface area contributed by atoms with Gasteiger partial charge < -0.3 is 10.7 Å². The molecule has 0 aliphatic rings. The maximum atomic E-state index is 8.15. The van der Waals surface area contributed by atoms with Crippen molar-refractivity contribution in [1.29, 1.82) is 5.41 Å². The van der Waals surface area contributed by atoms with Crippen molar-refractivity contribution in [2.45, 2.75) is 91.9 Å². The van der Waals surface area contributed by atoms with Crippen molar-refractivity contribution in [2.75, 3.05) is 7.05 Å². The lowest BCUT2D eigenvalue weighted by Gasteiger charge is -2.23. The fourth-order valence-electron chi connectivity index (χ4n) is 3.10. The molecule has 0 aliphatic heterocycles. The van der Waals surface area contributed by atoms with E-state index in [4.69, 9.17) is 5.41 Å². The van der Waals surface area contributed by atoms with Gasteiger partial charge in [0.15, 0.2) is 0 Å². The molecule has 0 amide bonds. The van der Waals surface area contributed by atoms with Gasteiger partial charge in [0.25, 0.3) is 0 Å². The van der Waals surface area contributed by atoms with Crippen LogP contribution >= 0.6 is 0 Å². The SMILES string of the molecule is CCCCCCC(CCCCCC)/C(C(C)=N)=C(\C)NC. The van der Waals surface area contributed by atoms with E-state index >= 15 is 0 Å². The highest BCUT2D eigenvalue weighted by Gasteiger charge is 2.18. The molecule has 0 rings (SSSR count). The van der Waals surface area contributed by atoms with Crippen LogP contribution in [0.5, 0.6) is 0 Å². The molecule has 0 saturated carbocycles. The summed E-state index contributed by atoms with van der Waals surface area (Å²) in [5, 5.41) is 11.4. The van der Waals surface area contributed by atoms with Crippen LogP contribution in [-0.4, -0.2) is 12.8 Å². The van der Waals surface area contributed by atoms with Gasteiger partial charge in [-0.25, -0.2) is 0 Å². The van der Waals surface area contributed by atoms with Gasteiger partial charge in [-0.15, -0.1) is 0 Å². The second-order valence-electron chi connectivity index (χ2n) is 6.31. The summed E-state index contributed by atoms with van der Waals surface area (Å²) in [4.78, 5) is 0. The molecule has 124 valence electrons. The Morgan fingerprint density at radius 1 is 0.857 bits per heavy atom. The molecule has 2 heteroatoms. The van der Waals surface area contributed by atoms with Gasteiger partial charge in [-0.05, 0) is 38.2 Å². The Morgan fingerprint density at radius 2 is 1.33 bits per heavy atom. The summed E-state index contributed by atoms with van der Waals surface area (Å²) in [7, 11) is 1.98. The second-order valence-corrected chi connectivity index (χ2v) is 6.31. The van der Waals surface area contributed by atoms with Crippen LogP contribution in [0, 0.1) is 11.3 Å². The van der Waals surface area contributed by atoms with E-state index in [1.165, 1.54) is 75.5 Å². The first-order valence-corrected chi connectivity index (χ1v) is 9.02. The molecule has 0 saturated heterocycles. The van der Waals surface area contributed by atoms with Crippen molar-refractivity contribution >= 4 is 5.71 Å². The van der Waals surface area contributed by atoms with Gasteiger partial charge in [-0.2, -0.15) is 0 Å². The van der Waals surface area contributed by atoms with E-state index in [0.717, 1.165) is 5.71 Å². The van der Waals surface area contributed by atoms with Gasteiger partial charge in [-0.1, -0.05) is 65.2 Å². The zero-order chi connectivity index (χ0) is 16.1. The molecule has 0 aliphatic carbocycles. The van der Waals surface area contributed by atoms with Crippen LogP contribution in [-0.2, 0) is 0 Å². The van der Waals surface area contributed by atoms with E-state index in [9.17, 15) is 0 Å². The summed E-state index contributed by atoms with van der Waals surface area (Å²) in [6.07, 6.45) is 13.1. The number of allylic oxidation sites excluding steroid dienone is 2. The predicted octanol–water partition coefficient (Wildman–Crippen LogP) is 6.08. The zero-order valence-corrected chi connectivity index (χ0v) is 15.1. The average Bonchev–Trinajstić information content (AvgIpc) is 2.46. The second kappa shape index (κ2) is 12.9. The van der Waals surface area contributed by atoms with Crippen LogP contribution in [0.1, 0.15) is 91.9 Å². The number of hydrogen-bond acceptors (Lipinski definition) is 2. The number of rotatable bonds is 13. The first kappa shape index (κ1) is 20.2. The molecule has 0 spiro atoms.